The van der Waals surface area contributed by atoms with Crippen molar-refractivity contribution in [3.8, 4) is 11.5 Å². The second-order valence-corrected chi connectivity index (χ2v) is 9.28. The average Bonchev–Trinajstić information content (AvgIpc) is 3.16. The molecule has 1 fully saturated rings. The van der Waals surface area contributed by atoms with Gasteiger partial charge in [-0.05, 0) is 48.0 Å². The summed E-state index contributed by atoms with van der Waals surface area (Å²) in [5, 5.41) is 5.53. The van der Waals surface area contributed by atoms with Crippen molar-refractivity contribution in [1.82, 2.24) is 0 Å². The largest absolute Gasteiger partial charge is 0.467 e. The van der Waals surface area contributed by atoms with Crippen molar-refractivity contribution in [1.29, 1.82) is 0 Å². The lowest BCUT2D eigenvalue weighted by atomic mass is 9.98. The number of sulfonamides is 1. The molecule has 0 saturated carbocycles. The zero-order valence-corrected chi connectivity index (χ0v) is 18.3. The van der Waals surface area contributed by atoms with Gasteiger partial charge in [-0.1, -0.05) is 35.9 Å². The topological polar surface area (TPSA) is 94.1 Å². The van der Waals surface area contributed by atoms with Gasteiger partial charge in [0.1, 0.15) is 11.5 Å². The summed E-state index contributed by atoms with van der Waals surface area (Å²) < 4.78 is 28.8. The Morgan fingerprint density at radius 2 is 1.78 bits per heavy atom. The predicted molar refractivity (Wildman–Crippen MR) is 122 cm³/mol. The molecule has 3 aromatic rings. The number of ether oxygens (including phenoxy) is 1. The monoisotopic (exact) mass is 467 g/mol. The van der Waals surface area contributed by atoms with Crippen molar-refractivity contribution >= 4 is 38.9 Å². The van der Waals surface area contributed by atoms with Crippen LogP contribution in [0.15, 0.2) is 71.6 Å². The summed E-state index contributed by atoms with van der Waals surface area (Å²) in [6.45, 7) is 7.71. The van der Waals surface area contributed by atoms with Crippen LogP contribution in [0.4, 0.5) is 11.4 Å². The summed E-state index contributed by atoms with van der Waals surface area (Å²) in [6.07, 6.45) is 0.288. The minimum Gasteiger partial charge on any atom is -0.467 e. The van der Waals surface area contributed by atoms with E-state index in [4.69, 9.17) is 28.0 Å². The zero-order chi connectivity index (χ0) is 22.9. The average molecular weight is 468 g/mol. The highest BCUT2D eigenvalue weighted by Gasteiger charge is 2.32. The summed E-state index contributed by atoms with van der Waals surface area (Å²) in [4.78, 5) is 17.7. The van der Waals surface area contributed by atoms with E-state index >= 15 is 0 Å². The van der Waals surface area contributed by atoms with Gasteiger partial charge in [-0.3, -0.25) is 4.79 Å². The van der Waals surface area contributed by atoms with E-state index in [1.165, 1.54) is 12.1 Å². The maximum absolute atomic E-state index is 12.7. The Morgan fingerprint density at radius 1 is 1.06 bits per heavy atom. The fourth-order valence-corrected chi connectivity index (χ4v) is 4.27. The molecule has 1 aliphatic heterocycles. The van der Waals surface area contributed by atoms with Crippen LogP contribution in [0.1, 0.15) is 17.9 Å². The van der Waals surface area contributed by atoms with E-state index in [0.29, 0.717) is 34.4 Å². The van der Waals surface area contributed by atoms with Crippen molar-refractivity contribution in [2.24, 2.45) is 5.14 Å². The molecule has 0 spiro atoms. The van der Waals surface area contributed by atoms with E-state index in [9.17, 15) is 13.2 Å². The van der Waals surface area contributed by atoms with Crippen LogP contribution in [-0.4, -0.2) is 20.9 Å². The third kappa shape index (κ3) is 4.46. The van der Waals surface area contributed by atoms with E-state index < -0.39 is 10.0 Å². The van der Waals surface area contributed by atoms with Crippen molar-refractivity contribution < 1.29 is 17.9 Å². The first kappa shape index (κ1) is 21.8. The van der Waals surface area contributed by atoms with Gasteiger partial charge >= 0.3 is 0 Å². The van der Waals surface area contributed by atoms with Crippen LogP contribution in [0, 0.1) is 6.57 Å². The Labute approximate surface area is 190 Å². The van der Waals surface area contributed by atoms with Gasteiger partial charge in [0.25, 0.3) is 0 Å². The summed E-state index contributed by atoms with van der Waals surface area (Å²) in [7, 11) is -3.80. The number of hydrogen-bond acceptors (Lipinski definition) is 4. The summed E-state index contributed by atoms with van der Waals surface area (Å²) >= 11 is 6.31. The SMILES string of the molecule is [C-]#[N+]c1ccccc1Oc1cc([C@H]2CC(=O)N(c3ccc(S(N)(=O)=O)cc3)C2)ccc1Cl. The highest BCUT2D eigenvalue weighted by atomic mass is 35.5. The Bertz CT molecular complexity index is 1330. The van der Waals surface area contributed by atoms with Crippen LogP contribution in [-0.2, 0) is 14.8 Å². The van der Waals surface area contributed by atoms with Crippen LogP contribution in [0.5, 0.6) is 11.5 Å². The van der Waals surface area contributed by atoms with Gasteiger partial charge in [0, 0.05) is 24.6 Å². The molecule has 0 aromatic heterocycles. The standard InChI is InChI=1S/C23H18ClN3O4S/c1-26-20-4-2-3-5-21(20)31-22-12-15(6-11-19(22)24)16-13-23(28)27(14-16)17-7-9-18(10-8-17)32(25,29)30/h2-12,16H,13-14H2,(H2,25,29,30)/t16-/m0/s1. The molecule has 9 heteroatoms. The number of nitrogens with two attached hydrogens (primary N) is 1. The zero-order valence-electron chi connectivity index (χ0n) is 16.7. The molecule has 1 amide bonds. The highest BCUT2D eigenvalue weighted by Crippen LogP contribution is 2.39. The van der Waals surface area contributed by atoms with E-state index in [2.05, 4.69) is 4.85 Å². The van der Waals surface area contributed by atoms with Gasteiger partial charge in [0.05, 0.1) is 16.5 Å². The van der Waals surface area contributed by atoms with Gasteiger partial charge in [-0.15, -0.1) is 0 Å². The van der Waals surface area contributed by atoms with Crippen LogP contribution >= 0.6 is 11.6 Å². The van der Waals surface area contributed by atoms with Gasteiger partial charge in [-0.2, -0.15) is 0 Å². The predicted octanol–water partition coefficient (Wildman–Crippen LogP) is 4.85. The third-order valence-electron chi connectivity index (χ3n) is 5.23. The van der Waals surface area contributed by atoms with Crippen molar-refractivity contribution in [3.05, 3.63) is 88.7 Å². The lowest BCUT2D eigenvalue weighted by molar-refractivity contribution is -0.117. The first-order valence-corrected chi connectivity index (χ1v) is 11.6. The van der Waals surface area contributed by atoms with E-state index in [1.54, 1.807) is 53.4 Å². The van der Waals surface area contributed by atoms with E-state index in [-0.39, 0.29) is 23.1 Å². The molecule has 0 unspecified atom stereocenters. The van der Waals surface area contributed by atoms with Crippen LogP contribution in [0.3, 0.4) is 0 Å². The molecule has 1 heterocycles. The van der Waals surface area contributed by atoms with Gasteiger partial charge in [0.2, 0.25) is 21.6 Å². The van der Waals surface area contributed by atoms with Gasteiger partial charge < -0.3 is 9.64 Å². The summed E-state index contributed by atoms with van der Waals surface area (Å²) in [5.41, 5.74) is 1.85. The highest BCUT2D eigenvalue weighted by molar-refractivity contribution is 7.89. The molecule has 0 radical (unpaired) electrons. The Balaban J connectivity index is 1.57. The van der Waals surface area contributed by atoms with Crippen molar-refractivity contribution in [2.45, 2.75) is 17.2 Å². The van der Waals surface area contributed by atoms with Crippen molar-refractivity contribution in [3.63, 3.8) is 0 Å². The Kier molecular flexibility index (Phi) is 5.89. The first-order chi connectivity index (χ1) is 15.3. The number of carbonyl (C=O) groups excluding carboxylic acids is 1. The number of benzene rings is 3. The number of halogens is 1. The molecule has 2 N–H and O–H groups in total. The number of nitrogens with zero attached hydrogens (tertiary/aromatic N) is 2. The lowest BCUT2D eigenvalue weighted by Crippen LogP contribution is -2.24. The van der Waals surface area contributed by atoms with Crippen molar-refractivity contribution in [2.75, 3.05) is 11.4 Å². The van der Waals surface area contributed by atoms with Gasteiger partial charge in [-0.25, -0.2) is 18.4 Å². The van der Waals surface area contributed by atoms with Gasteiger partial charge in [0.15, 0.2) is 0 Å². The number of hydrogen-bond donors (Lipinski definition) is 1. The molecule has 7 nitrogen and oxygen atoms in total. The first-order valence-electron chi connectivity index (χ1n) is 9.63. The molecule has 1 saturated heterocycles. The molecule has 162 valence electrons. The van der Waals surface area contributed by atoms with E-state index in [1.807, 2.05) is 6.07 Å². The number of carbonyl (C=O) groups is 1. The molecule has 4 rings (SSSR count). The van der Waals surface area contributed by atoms with Crippen LogP contribution in [0.25, 0.3) is 4.85 Å². The maximum Gasteiger partial charge on any atom is 0.238 e. The Morgan fingerprint density at radius 3 is 2.47 bits per heavy atom. The summed E-state index contributed by atoms with van der Waals surface area (Å²) in [6, 6.07) is 18.1. The second-order valence-electron chi connectivity index (χ2n) is 7.32. The minimum atomic E-state index is -3.80. The van der Waals surface area contributed by atoms with Crippen LogP contribution in [0.2, 0.25) is 5.02 Å². The number of para-hydroxylation sites is 2. The molecule has 0 bridgehead atoms. The number of amides is 1. The number of anilines is 1. The number of rotatable bonds is 5. The molecular weight excluding hydrogens is 450 g/mol. The second kappa shape index (κ2) is 8.63. The lowest BCUT2D eigenvalue weighted by Gasteiger charge is -2.18. The number of primary sulfonamides is 1. The molecule has 1 aliphatic rings. The van der Waals surface area contributed by atoms with E-state index in [0.717, 1.165) is 5.56 Å². The quantitative estimate of drug-likeness (QED) is 0.542. The molecular formula is C23H18ClN3O4S. The van der Waals surface area contributed by atoms with Crippen LogP contribution < -0.4 is 14.8 Å². The Hall–Kier alpha value is -3.38. The smallest absolute Gasteiger partial charge is 0.238 e. The third-order valence-corrected chi connectivity index (χ3v) is 6.48. The molecule has 0 aliphatic carbocycles. The molecule has 1 atom stereocenters. The molecule has 3 aromatic carbocycles. The normalized spacial score (nSPS) is 16.1. The minimum absolute atomic E-state index is 0.0105. The fraction of sp³-hybridized carbons (Fsp3) is 0.130. The summed E-state index contributed by atoms with van der Waals surface area (Å²) in [5.74, 6) is 0.634. The molecule has 32 heavy (non-hydrogen) atoms. The fourth-order valence-electron chi connectivity index (χ4n) is 3.60. The maximum atomic E-state index is 12.7.